The molecule has 0 unspecified atom stereocenters. The van der Waals surface area contributed by atoms with E-state index in [-0.39, 0.29) is 5.97 Å². The topological polar surface area (TPSA) is 64.8 Å². The third-order valence-electron chi connectivity index (χ3n) is 3.65. The van der Waals surface area contributed by atoms with E-state index in [2.05, 4.69) is 11.0 Å². The number of hydrogen-bond acceptors (Lipinski definition) is 5. The number of nitrogens with two attached hydrogens (primary N) is 1. The van der Waals surface area contributed by atoms with E-state index in [1.165, 1.54) is 0 Å². The van der Waals surface area contributed by atoms with Crippen LogP contribution in [-0.4, -0.2) is 37.2 Å². The Morgan fingerprint density at radius 1 is 1.43 bits per heavy atom. The maximum atomic E-state index is 11.7. The molecule has 0 atom stereocenters. The van der Waals surface area contributed by atoms with Gasteiger partial charge in [-0.3, -0.25) is 9.69 Å². The van der Waals surface area contributed by atoms with Gasteiger partial charge in [-0.2, -0.15) is 0 Å². The monoisotopic (exact) mass is 292 g/mol. The Kier molecular flexibility index (Phi) is 5.59. The summed E-state index contributed by atoms with van der Waals surface area (Å²) in [5.74, 6) is 0.654. The molecule has 1 aromatic carbocycles. The van der Waals surface area contributed by atoms with Gasteiger partial charge in [0.05, 0.1) is 20.3 Å². The molecule has 1 aliphatic carbocycles. The van der Waals surface area contributed by atoms with Crippen LogP contribution in [0.5, 0.6) is 5.75 Å². The molecule has 2 N–H and O–H groups in total. The molecule has 0 aliphatic heterocycles. The average Bonchev–Trinajstić information content (AvgIpc) is 3.31. The summed E-state index contributed by atoms with van der Waals surface area (Å²) in [4.78, 5) is 13.9. The third-order valence-corrected chi connectivity index (χ3v) is 3.65. The van der Waals surface area contributed by atoms with Crippen LogP contribution in [0.4, 0.5) is 0 Å². The van der Waals surface area contributed by atoms with Gasteiger partial charge < -0.3 is 15.2 Å². The molecule has 0 amide bonds. The van der Waals surface area contributed by atoms with Crippen LogP contribution in [-0.2, 0) is 22.6 Å². The van der Waals surface area contributed by atoms with Crippen molar-refractivity contribution in [2.24, 2.45) is 5.73 Å². The number of esters is 1. The van der Waals surface area contributed by atoms with Crippen molar-refractivity contribution >= 4 is 5.97 Å². The minimum absolute atomic E-state index is 0.156. The molecule has 5 heteroatoms. The summed E-state index contributed by atoms with van der Waals surface area (Å²) in [6.07, 6.45) is 2.30. The minimum atomic E-state index is -0.156. The maximum Gasteiger partial charge on any atom is 0.320 e. The van der Waals surface area contributed by atoms with Gasteiger partial charge in [0.1, 0.15) is 5.75 Å². The van der Waals surface area contributed by atoms with Crippen molar-refractivity contribution in [3.8, 4) is 5.75 Å². The van der Waals surface area contributed by atoms with Gasteiger partial charge in [-0.05, 0) is 37.5 Å². The zero-order valence-corrected chi connectivity index (χ0v) is 12.8. The Balaban J connectivity index is 2.04. The number of carbonyl (C=O) groups excluding carboxylic acids is 1. The number of methoxy groups -OCH3 is 1. The van der Waals surface area contributed by atoms with Crippen molar-refractivity contribution in [1.29, 1.82) is 0 Å². The van der Waals surface area contributed by atoms with Crippen molar-refractivity contribution in [2.75, 3.05) is 20.3 Å². The standard InChI is InChI=1S/C16H24N2O3/c1-3-21-16(19)11-18(14-5-6-14)10-12-4-7-15(20-2)13(8-12)9-17/h4,7-8,14H,3,5-6,9-11,17H2,1-2H3. The second-order valence-electron chi connectivity index (χ2n) is 5.29. The molecule has 1 aromatic rings. The molecular formula is C16H24N2O3. The molecular weight excluding hydrogens is 268 g/mol. The number of ether oxygens (including phenoxy) is 2. The quantitative estimate of drug-likeness (QED) is 0.739. The van der Waals surface area contributed by atoms with Crippen LogP contribution in [0.15, 0.2) is 18.2 Å². The predicted molar refractivity (Wildman–Crippen MR) is 81.0 cm³/mol. The Morgan fingerprint density at radius 3 is 2.76 bits per heavy atom. The van der Waals surface area contributed by atoms with E-state index in [0.29, 0.717) is 25.7 Å². The fraction of sp³-hybridized carbons (Fsp3) is 0.562. The van der Waals surface area contributed by atoms with Gasteiger partial charge in [0.15, 0.2) is 0 Å². The summed E-state index contributed by atoms with van der Waals surface area (Å²) >= 11 is 0. The zero-order valence-electron chi connectivity index (χ0n) is 12.8. The first-order valence-corrected chi connectivity index (χ1v) is 7.43. The molecule has 0 heterocycles. The fourth-order valence-corrected chi connectivity index (χ4v) is 2.45. The van der Waals surface area contributed by atoms with Gasteiger partial charge in [0, 0.05) is 24.7 Å². The van der Waals surface area contributed by atoms with Crippen molar-refractivity contribution in [2.45, 2.75) is 38.9 Å². The van der Waals surface area contributed by atoms with E-state index in [1.54, 1.807) is 7.11 Å². The lowest BCUT2D eigenvalue weighted by molar-refractivity contribution is -0.144. The number of hydrogen-bond donors (Lipinski definition) is 1. The van der Waals surface area contributed by atoms with Crippen molar-refractivity contribution in [3.63, 3.8) is 0 Å². The Morgan fingerprint density at radius 2 is 2.19 bits per heavy atom. The molecule has 21 heavy (non-hydrogen) atoms. The second kappa shape index (κ2) is 7.43. The largest absolute Gasteiger partial charge is 0.496 e. The first-order valence-electron chi connectivity index (χ1n) is 7.43. The molecule has 0 spiro atoms. The van der Waals surface area contributed by atoms with Gasteiger partial charge in [-0.25, -0.2) is 0 Å². The maximum absolute atomic E-state index is 11.7. The Hall–Kier alpha value is -1.59. The van der Waals surface area contributed by atoms with Crippen molar-refractivity contribution in [1.82, 2.24) is 4.90 Å². The van der Waals surface area contributed by atoms with Gasteiger partial charge in [0.2, 0.25) is 0 Å². The van der Waals surface area contributed by atoms with Crippen LogP contribution >= 0.6 is 0 Å². The van der Waals surface area contributed by atoms with Gasteiger partial charge in [-0.1, -0.05) is 6.07 Å². The summed E-state index contributed by atoms with van der Waals surface area (Å²) in [6.45, 7) is 3.79. The molecule has 2 rings (SSSR count). The van der Waals surface area contributed by atoms with E-state index >= 15 is 0 Å². The van der Waals surface area contributed by atoms with Crippen LogP contribution in [0, 0.1) is 0 Å². The van der Waals surface area contributed by atoms with Gasteiger partial charge in [0.25, 0.3) is 0 Å². The lowest BCUT2D eigenvalue weighted by atomic mass is 10.1. The normalized spacial score (nSPS) is 14.3. The first kappa shape index (κ1) is 15.8. The first-order chi connectivity index (χ1) is 10.2. The van der Waals surface area contributed by atoms with Crippen LogP contribution in [0.3, 0.4) is 0 Å². The molecule has 1 fully saturated rings. The van der Waals surface area contributed by atoms with Crippen LogP contribution in [0.2, 0.25) is 0 Å². The highest BCUT2D eigenvalue weighted by atomic mass is 16.5. The van der Waals surface area contributed by atoms with E-state index in [1.807, 2.05) is 19.1 Å². The molecule has 1 aliphatic rings. The molecule has 0 aromatic heterocycles. The number of nitrogens with zero attached hydrogens (tertiary/aromatic N) is 1. The summed E-state index contributed by atoms with van der Waals surface area (Å²) < 4.78 is 10.3. The van der Waals surface area contributed by atoms with Crippen LogP contribution in [0.25, 0.3) is 0 Å². The summed E-state index contributed by atoms with van der Waals surface area (Å²) in [5.41, 5.74) is 7.88. The Bertz CT molecular complexity index is 486. The smallest absolute Gasteiger partial charge is 0.320 e. The number of carbonyl (C=O) groups is 1. The molecule has 5 nitrogen and oxygen atoms in total. The highest BCUT2D eigenvalue weighted by Crippen LogP contribution is 2.29. The van der Waals surface area contributed by atoms with E-state index in [9.17, 15) is 4.79 Å². The van der Waals surface area contributed by atoms with Crippen LogP contribution in [0.1, 0.15) is 30.9 Å². The van der Waals surface area contributed by atoms with Crippen molar-refractivity contribution < 1.29 is 14.3 Å². The average molecular weight is 292 g/mol. The Labute approximate surface area is 126 Å². The molecule has 116 valence electrons. The summed E-state index contributed by atoms with van der Waals surface area (Å²) in [6, 6.07) is 6.52. The second-order valence-corrected chi connectivity index (χ2v) is 5.29. The molecule has 1 saturated carbocycles. The molecule has 0 saturated heterocycles. The van der Waals surface area contributed by atoms with Gasteiger partial charge >= 0.3 is 5.97 Å². The van der Waals surface area contributed by atoms with E-state index in [0.717, 1.165) is 36.3 Å². The van der Waals surface area contributed by atoms with E-state index in [4.69, 9.17) is 15.2 Å². The predicted octanol–water partition coefficient (Wildman–Crippen LogP) is 1.68. The molecule has 0 radical (unpaired) electrons. The third kappa shape index (κ3) is 4.44. The molecule has 0 bridgehead atoms. The SMILES string of the molecule is CCOC(=O)CN(Cc1ccc(OC)c(CN)c1)C1CC1. The summed E-state index contributed by atoms with van der Waals surface area (Å²) in [7, 11) is 1.64. The number of rotatable bonds is 8. The van der Waals surface area contributed by atoms with E-state index < -0.39 is 0 Å². The van der Waals surface area contributed by atoms with Crippen LogP contribution < -0.4 is 10.5 Å². The summed E-state index contributed by atoms with van der Waals surface area (Å²) in [5, 5.41) is 0. The van der Waals surface area contributed by atoms with Crippen molar-refractivity contribution in [3.05, 3.63) is 29.3 Å². The minimum Gasteiger partial charge on any atom is -0.496 e. The highest BCUT2D eigenvalue weighted by molar-refractivity contribution is 5.71. The highest BCUT2D eigenvalue weighted by Gasteiger charge is 2.30. The fourth-order valence-electron chi connectivity index (χ4n) is 2.45. The lowest BCUT2D eigenvalue weighted by Crippen LogP contribution is -2.32. The zero-order chi connectivity index (χ0) is 15.2. The lowest BCUT2D eigenvalue weighted by Gasteiger charge is -2.21. The number of benzene rings is 1. The van der Waals surface area contributed by atoms with Gasteiger partial charge in [-0.15, -0.1) is 0 Å².